The summed E-state index contributed by atoms with van der Waals surface area (Å²) < 4.78 is 37.7. The number of carbonyl (C=O) groups is 1. The summed E-state index contributed by atoms with van der Waals surface area (Å²) >= 11 is 2.94. The Morgan fingerprint density at radius 2 is 1.88 bits per heavy atom. The zero-order valence-corrected chi connectivity index (χ0v) is 14.7. The van der Waals surface area contributed by atoms with Crippen LogP contribution in [0.5, 0.6) is 0 Å². The lowest BCUT2D eigenvalue weighted by atomic mass is 10.1. The molecular weight excluding hydrogens is 369 g/mol. The van der Waals surface area contributed by atoms with Crippen LogP contribution in [0.4, 0.5) is 13.2 Å². The molecule has 0 aliphatic heterocycles. The van der Waals surface area contributed by atoms with Crippen molar-refractivity contribution in [2.45, 2.75) is 12.7 Å². The Labute approximate surface area is 150 Å². The minimum atomic E-state index is -4.36. The topological polar surface area (TPSA) is 33.2 Å². The van der Waals surface area contributed by atoms with Crippen molar-refractivity contribution in [3.8, 4) is 9.88 Å². The maximum atomic E-state index is 12.6. The number of nitrogens with zero attached hydrogens (tertiary/aromatic N) is 2. The third-order valence-electron chi connectivity index (χ3n) is 3.50. The molecule has 2 heterocycles. The molecule has 0 aliphatic carbocycles. The first-order valence-electron chi connectivity index (χ1n) is 7.25. The number of halogens is 3. The van der Waals surface area contributed by atoms with Crippen LogP contribution in [-0.2, 0) is 12.7 Å². The number of hydrogen-bond donors (Lipinski definition) is 0. The molecule has 0 spiro atoms. The van der Waals surface area contributed by atoms with E-state index in [1.165, 1.54) is 28.4 Å². The molecule has 25 heavy (non-hydrogen) atoms. The largest absolute Gasteiger partial charge is 0.416 e. The van der Waals surface area contributed by atoms with Gasteiger partial charge < -0.3 is 4.90 Å². The lowest BCUT2D eigenvalue weighted by Gasteiger charge is -2.16. The average molecular weight is 382 g/mol. The van der Waals surface area contributed by atoms with E-state index in [2.05, 4.69) is 4.98 Å². The normalized spacial score (nSPS) is 11.5. The molecule has 0 atom stereocenters. The summed E-state index contributed by atoms with van der Waals surface area (Å²) in [4.78, 5) is 19.2. The number of thiazole rings is 1. The summed E-state index contributed by atoms with van der Waals surface area (Å²) in [6, 6.07) is 8.65. The summed E-state index contributed by atoms with van der Waals surface area (Å²) in [5.74, 6) is -0.265. The highest BCUT2D eigenvalue weighted by Crippen LogP contribution is 2.30. The Kier molecular flexibility index (Phi) is 4.91. The van der Waals surface area contributed by atoms with Gasteiger partial charge in [0.1, 0.15) is 10.7 Å². The second-order valence-electron chi connectivity index (χ2n) is 5.37. The van der Waals surface area contributed by atoms with E-state index in [-0.39, 0.29) is 12.5 Å². The fraction of sp³-hybridized carbons (Fsp3) is 0.176. The molecule has 0 fully saturated rings. The minimum Gasteiger partial charge on any atom is -0.336 e. The summed E-state index contributed by atoms with van der Waals surface area (Å²) in [6.45, 7) is 0.211. The number of alkyl halides is 3. The fourth-order valence-corrected chi connectivity index (χ4v) is 3.83. The molecule has 1 aromatic carbocycles. The number of aromatic nitrogens is 1. The first kappa shape index (κ1) is 17.6. The van der Waals surface area contributed by atoms with Crippen LogP contribution in [-0.4, -0.2) is 22.8 Å². The Morgan fingerprint density at radius 1 is 1.16 bits per heavy atom. The second kappa shape index (κ2) is 6.97. The average Bonchev–Trinajstić information content (AvgIpc) is 3.25. The van der Waals surface area contributed by atoms with E-state index in [0.29, 0.717) is 11.3 Å². The first-order valence-corrected chi connectivity index (χ1v) is 9.01. The molecule has 0 radical (unpaired) electrons. The van der Waals surface area contributed by atoms with Crippen molar-refractivity contribution in [1.29, 1.82) is 0 Å². The van der Waals surface area contributed by atoms with Crippen molar-refractivity contribution >= 4 is 28.6 Å². The monoisotopic (exact) mass is 382 g/mol. The summed E-state index contributed by atoms with van der Waals surface area (Å²) in [5.41, 5.74) is 0.255. The Hall–Kier alpha value is -2.19. The van der Waals surface area contributed by atoms with Gasteiger partial charge in [-0.15, -0.1) is 22.7 Å². The number of hydrogen-bond acceptors (Lipinski definition) is 4. The highest BCUT2D eigenvalue weighted by Gasteiger charge is 2.30. The van der Waals surface area contributed by atoms with Gasteiger partial charge in [0.15, 0.2) is 0 Å². The van der Waals surface area contributed by atoms with Crippen molar-refractivity contribution in [2.75, 3.05) is 7.05 Å². The van der Waals surface area contributed by atoms with Gasteiger partial charge in [-0.3, -0.25) is 4.79 Å². The van der Waals surface area contributed by atoms with Crippen LogP contribution in [0.3, 0.4) is 0 Å². The lowest BCUT2D eigenvalue weighted by molar-refractivity contribution is -0.137. The highest BCUT2D eigenvalue weighted by molar-refractivity contribution is 7.20. The number of benzene rings is 1. The summed E-state index contributed by atoms with van der Waals surface area (Å²) in [5, 5.41) is 4.41. The van der Waals surface area contributed by atoms with Crippen LogP contribution in [0.1, 0.15) is 21.6 Å². The van der Waals surface area contributed by atoms with Gasteiger partial charge in [-0.05, 0) is 29.1 Å². The molecule has 1 amide bonds. The van der Waals surface area contributed by atoms with E-state index in [4.69, 9.17) is 0 Å². The zero-order valence-electron chi connectivity index (χ0n) is 13.1. The Balaban J connectivity index is 1.69. The van der Waals surface area contributed by atoms with Gasteiger partial charge in [0.25, 0.3) is 5.91 Å². The molecule has 0 unspecified atom stereocenters. The number of amides is 1. The van der Waals surface area contributed by atoms with E-state index in [9.17, 15) is 18.0 Å². The minimum absolute atomic E-state index is 0.211. The Bertz CT molecular complexity index is 855. The number of rotatable bonds is 4. The van der Waals surface area contributed by atoms with Crippen LogP contribution in [0.2, 0.25) is 0 Å². The Morgan fingerprint density at radius 3 is 2.48 bits per heavy atom. The number of thiophene rings is 1. The maximum absolute atomic E-state index is 12.6. The van der Waals surface area contributed by atoms with Crippen LogP contribution in [0.25, 0.3) is 9.88 Å². The molecule has 130 valence electrons. The lowest BCUT2D eigenvalue weighted by Crippen LogP contribution is -2.26. The van der Waals surface area contributed by atoms with Crippen LogP contribution in [0.15, 0.2) is 47.2 Å². The first-order chi connectivity index (χ1) is 11.8. The molecule has 0 saturated carbocycles. The van der Waals surface area contributed by atoms with E-state index in [1.54, 1.807) is 23.8 Å². The molecule has 3 nitrogen and oxygen atoms in total. The van der Waals surface area contributed by atoms with Crippen LogP contribution in [0, 0.1) is 0 Å². The van der Waals surface area contributed by atoms with Crippen molar-refractivity contribution in [3.05, 3.63) is 64.0 Å². The summed E-state index contributed by atoms with van der Waals surface area (Å²) in [6.07, 6.45) is -4.36. The van der Waals surface area contributed by atoms with Crippen molar-refractivity contribution in [3.63, 3.8) is 0 Å². The standard InChI is InChI=1S/C17H13F3N2OS2/c1-22(9-11-4-6-12(7-5-11)17(18,19)20)16(23)13-10-25-15(21-13)14-3-2-8-24-14/h2-8,10H,9H2,1H3. The molecule has 2 aromatic heterocycles. The van der Waals surface area contributed by atoms with Crippen molar-refractivity contribution in [1.82, 2.24) is 9.88 Å². The molecule has 8 heteroatoms. The molecule has 0 N–H and O–H groups in total. The van der Waals surface area contributed by atoms with Crippen LogP contribution >= 0.6 is 22.7 Å². The predicted molar refractivity (Wildman–Crippen MR) is 92.7 cm³/mol. The molecule has 3 rings (SSSR count). The number of carbonyl (C=O) groups excluding carboxylic acids is 1. The van der Waals surface area contributed by atoms with Gasteiger partial charge in [0.2, 0.25) is 0 Å². The smallest absolute Gasteiger partial charge is 0.336 e. The predicted octanol–water partition coefficient (Wildman–Crippen LogP) is 5.16. The van der Waals surface area contributed by atoms with E-state index in [1.807, 2.05) is 17.5 Å². The van der Waals surface area contributed by atoms with Gasteiger partial charge >= 0.3 is 6.18 Å². The highest BCUT2D eigenvalue weighted by atomic mass is 32.1. The zero-order chi connectivity index (χ0) is 18.0. The third kappa shape index (κ3) is 4.08. The quantitative estimate of drug-likeness (QED) is 0.624. The van der Waals surface area contributed by atoms with E-state index in [0.717, 1.165) is 22.0 Å². The van der Waals surface area contributed by atoms with Crippen LogP contribution < -0.4 is 0 Å². The van der Waals surface area contributed by atoms with Gasteiger partial charge in [-0.25, -0.2) is 4.98 Å². The van der Waals surface area contributed by atoms with E-state index >= 15 is 0 Å². The van der Waals surface area contributed by atoms with Gasteiger partial charge in [0, 0.05) is 19.0 Å². The molecular formula is C17H13F3N2OS2. The maximum Gasteiger partial charge on any atom is 0.416 e. The van der Waals surface area contributed by atoms with Crippen molar-refractivity contribution in [2.24, 2.45) is 0 Å². The fourth-order valence-electron chi connectivity index (χ4n) is 2.23. The van der Waals surface area contributed by atoms with Gasteiger partial charge in [-0.2, -0.15) is 13.2 Å². The summed E-state index contributed by atoms with van der Waals surface area (Å²) in [7, 11) is 1.60. The third-order valence-corrected chi connectivity index (χ3v) is 5.38. The SMILES string of the molecule is CN(Cc1ccc(C(F)(F)F)cc1)C(=O)c1csc(-c2cccs2)n1. The van der Waals surface area contributed by atoms with Gasteiger partial charge in [0.05, 0.1) is 10.4 Å². The molecule has 0 saturated heterocycles. The van der Waals surface area contributed by atoms with Gasteiger partial charge in [-0.1, -0.05) is 18.2 Å². The molecule has 3 aromatic rings. The van der Waals surface area contributed by atoms with Crippen molar-refractivity contribution < 1.29 is 18.0 Å². The molecule has 0 aliphatic rings. The van der Waals surface area contributed by atoms with E-state index < -0.39 is 11.7 Å². The second-order valence-corrected chi connectivity index (χ2v) is 7.18. The molecule has 0 bridgehead atoms.